The van der Waals surface area contributed by atoms with Gasteiger partial charge in [0.2, 0.25) is 0 Å². The molecule has 0 saturated carbocycles. The molecular weight excluding hydrogens is 253 g/mol. The van der Waals surface area contributed by atoms with Crippen molar-refractivity contribution < 1.29 is 4.39 Å². The van der Waals surface area contributed by atoms with Crippen LogP contribution >= 0.6 is 0 Å². The highest BCUT2D eigenvalue weighted by molar-refractivity contribution is 5.81. The quantitative estimate of drug-likeness (QED) is 0.910. The molecule has 3 nitrogen and oxygen atoms in total. The summed E-state index contributed by atoms with van der Waals surface area (Å²) < 4.78 is 14.3. The van der Waals surface area contributed by atoms with Crippen molar-refractivity contribution in [1.29, 1.82) is 0 Å². The van der Waals surface area contributed by atoms with Gasteiger partial charge in [-0.15, -0.1) is 0 Å². The van der Waals surface area contributed by atoms with Crippen molar-refractivity contribution in [3.05, 3.63) is 42.1 Å². The van der Waals surface area contributed by atoms with Crippen molar-refractivity contribution in [2.24, 2.45) is 0 Å². The van der Waals surface area contributed by atoms with Crippen LogP contribution in [0.5, 0.6) is 0 Å². The summed E-state index contributed by atoms with van der Waals surface area (Å²) in [5.74, 6) is 0. The molecule has 0 radical (unpaired) electrons. The number of nitrogens with zero attached hydrogens (tertiary/aromatic N) is 2. The minimum Gasteiger partial charge on any atom is -0.312 e. The summed E-state index contributed by atoms with van der Waals surface area (Å²) >= 11 is 0. The van der Waals surface area contributed by atoms with Crippen LogP contribution in [0.4, 0.5) is 4.39 Å². The van der Waals surface area contributed by atoms with E-state index in [2.05, 4.69) is 27.3 Å². The van der Waals surface area contributed by atoms with Crippen LogP contribution in [0.15, 0.2) is 36.5 Å². The van der Waals surface area contributed by atoms with Crippen LogP contribution < -0.4 is 5.32 Å². The van der Waals surface area contributed by atoms with E-state index in [-0.39, 0.29) is 0 Å². The number of pyridine rings is 1. The minimum atomic E-state index is -1.17. The number of halogens is 1. The monoisotopic (exact) mass is 273 g/mol. The van der Waals surface area contributed by atoms with Crippen LogP contribution in [0.2, 0.25) is 0 Å². The van der Waals surface area contributed by atoms with Gasteiger partial charge in [0.25, 0.3) is 0 Å². The number of rotatable bonds is 2. The van der Waals surface area contributed by atoms with Crippen LogP contribution in [0.3, 0.4) is 0 Å². The Kier molecular flexibility index (Phi) is 3.68. The predicted molar refractivity (Wildman–Crippen MR) is 79.4 cm³/mol. The van der Waals surface area contributed by atoms with E-state index in [0.29, 0.717) is 13.1 Å². The molecule has 1 aromatic carbocycles. The number of hydrogen-bond donors (Lipinski definition) is 1. The highest BCUT2D eigenvalue weighted by Crippen LogP contribution is 2.20. The van der Waals surface area contributed by atoms with Crippen molar-refractivity contribution >= 4 is 10.9 Å². The maximum Gasteiger partial charge on any atom is 0.133 e. The zero-order valence-corrected chi connectivity index (χ0v) is 11.8. The van der Waals surface area contributed by atoms with Gasteiger partial charge in [0.1, 0.15) is 5.67 Å². The molecule has 1 aromatic heterocycles. The summed E-state index contributed by atoms with van der Waals surface area (Å²) in [7, 11) is 0. The molecule has 1 atom stereocenters. The summed E-state index contributed by atoms with van der Waals surface area (Å²) in [6.45, 7) is 5.04. The Morgan fingerprint density at radius 2 is 2.25 bits per heavy atom. The SMILES string of the molecule is CC1(F)CNCCN(Cc2cccc3ncccc23)C1. The molecule has 0 aliphatic carbocycles. The maximum absolute atomic E-state index is 14.3. The number of alkyl halides is 1. The zero-order valence-electron chi connectivity index (χ0n) is 11.8. The van der Waals surface area contributed by atoms with Crippen molar-refractivity contribution in [3.63, 3.8) is 0 Å². The van der Waals surface area contributed by atoms with Gasteiger partial charge in [0.15, 0.2) is 0 Å². The average Bonchev–Trinajstić information content (AvgIpc) is 2.60. The predicted octanol–water partition coefficient (Wildman–Crippen LogP) is 2.37. The second-order valence-corrected chi connectivity index (χ2v) is 5.79. The number of aromatic nitrogens is 1. The molecule has 106 valence electrons. The maximum atomic E-state index is 14.3. The molecule has 1 aliphatic rings. The average molecular weight is 273 g/mol. The summed E-state index contributed by atoms with van der Waals surface area (Å²) in [6.07, 6.45) is 1.81. The molecule has 0 amide bonds. The van der Waals surface area contributed by atoms with E-state index in [9.17, 15) is 4.39 Å². The highest BCUT2D eigenvalue weighted by atomic mass is 19.1. The lowest BCUT2D eigenvalue weighted by molar-refractivity contribution is 0.126. The Hall–Kier alpha value is -1.52. The van der Waals surface area contributed by atoms with E-state index in [1.807, 2.05) is 18.2 Å². The lowest BCUT2D eigenvalue weighted by atomic mass is 10.1. The molecule has 20 heavy (non-hydrogen) atoms. The molecule has 2 heterocycles. The van der Waals surface area contributed by atoms with Crippen LogP contribution in [0, 0.1) is 0 Å². The Bertz CT molecular complexity index is 592. The molecule has 0 spiro atoms. The lowest BCUT2D eigenvalue weighted by Crippen LogP contribution is -2.39. The van der Waals surface area contributed by atoms with E-state index in [0.717, 1.165) is 30.5 Å². The van der Waals surface area contributed by atoms with Crippen LogP contribution in [0.25, 0.3) is 10.9 Å². The fraction of sp³-hybridized carbons (Fsp3) is 0.438. The van der Waals surface area contributed by atoms with E-state index >= 15 is 0 Å². The second kappa shape index (κ2) is 5.46. The minimum absolute atomic E-state index is 0.431. The lowest BCUT2D eigenvalue weighted by Gasteiger charge is -2.26. The summed E-state index contributed by atoms with van der Waals surface area (Å²) in [5, 5.41) is 4.32. The Labute approximate surface area is 118 Å². The van der Waals surface area contributed by atoms with E-state index in [4.69, 9.17) is 0 Å². The van der Waals surface area contributed by atoms with Crippen molar-refractivity contribution in [2.45, 2.75) is 19.1 Å². The number of benzene rings is 1. The normalized spacial score (nSPS) is 24.7. The first-order valence-corrected chi connectivity index (χ1v) is 7.09. The molecule has 1 saturated heterocycles. The van der Waals surface area contributed by atoms with Gasteiger partial charge in [-0.05, 0) is 24.6 Å². The first-order chi connectivity index (χ1) is 9.64. The zero-order chi connectivity index (χ0) is 14.0. The van der Waals surface area contributed by atoms with Crippen molar-refractivity contribution in [2.75, 3.05) is 26.2 Å². The smallest absolute Gasteiger partial charge is 0.133 e. The first-order valence-electron chi connectivity index (χ1n) is 7.09. The molecule has 1 N–H and O–H groups in total. The third-order valence-corrected chi connectivity index (χ3v) is 3.78. The number of hydrogen-bond acceptors (Lipinski definition) is 3. The van der Waals surface area contributed by atoms with Gasteiger partial charge in [0.05, 0.1) is 5.52 Å². The summed E-state index contributed by atoms with van der Waals surface area (Å²) in [4.78, 5) is 6.56. The van der Waals surface area contributed by atoms with E-state index in [1.54, 1.807) is 13.1 Å². The first kappa shape index (κ1) is 13.5. The van der Waals surface area contributed by atoms with Gasteiger partial charge in [0, 0.05) is 44.3 Å². The molecule has 4 heteroatoms. The Balaban J connectivity index is 1.85. The van der Waals surface area contributed by atoms with Crippen molar-refractivity contribution in [3.8, 4) is 0 Å². The highest BCUT2D eigenvalue weighted by Gasteiger charge is 2.28. The van der Waals surface area contributed by atoms with E-state index in [1.165, 1.54) is 5.56 Å². The van der Waals surface area contributed by atoms with Crippen LogP contribution in [-0.4, -0.2) is 41.7 Å². The van der Waals surface area contributed by atoms with Gasteiger partial charge < -0.3 is 5.32 Å². The van der Waals surface area contributed by atoms with Gasteiger partial charge in [-0.25, -0.2) is 4.39 Å². The van der Waals surface area contributed by atoms with Gasteiger partial charge in [-0.2, -0.15) is 0 Å². The fourth-order valence-corrected chi connectivity index (χ4v) is 2.87. The molecular formula is C16H20FN3. The van der Waals surface area contributed by atoms with Gasteiger partial charge in [-0.3, -0.25) is 9.88 Å². The molecule has 0 bridgehead atoms. The van der Waals surface area contributed by atoms with Gasteiger partial charge >= 0.3 is 0 Å². The molecule has 1 fully saturated rings. The largest absolute Gasteiger partial charge is 0.312 e. The molecule has 3 rings (SSSR count). The molecule has 1 unspecified atom stereocenters. The summed E-state index contributed by atoms with van der Waals surface area (Å²) in [5.41, 5.74) is 1.05. The molecule has 2 aromatic rings. The Morgan fingerprint density at radius 3 is 3.15 bits per heavy atom. The fourth-order valence-electron chi connectivity index (χ4n) is 2.87. The standard InChI is InChI=1S/C16H20FN3/c1-16(17)11-18-8-9-20(12-16)10-13-4-2-6-15-14(13)5-3-7-19-15/h2-7,18H,8-12H2,1H3. The topological polar surface area (TPSA) is 28.2 Å². The number of nitrogens with one attached hydrogen (secondary N) is 1. The van der Waals surface area contributed by atoms with Crippen molar-refractivity contribution in [1.82, 2.24) is 15.2 Å². The van der Waals surface area contributed by atoms with Crippen LogP contribution in [0.1, 0.15) is 12.5 Å². The van der Waals surface area contributed by atoms with E-state index < -0.39 is 5.67 Å². The van der Waals surface area contributed by atoms with Gasteiger partial charge in [-0.1, -0.05) is 18.2 Å². The Morgan fingerprint density at radius 1 is 1.35 bits per heavy atom. The third-order valence-electron chi connectivity index (χ3n) is 3.78. The molecule has 1 aliphatic heterocycles. The third kappa shape index (κ3) is 2.97. The number of fused-ring (bicyclic) bond motifs is 1. The summed E-state index contributed by atoms with van der Waals surface area (Å²) in [6, 6.07) is 10.2. The second-order valence-electron chi connectivity index (χ2n) is 5.79. The van der Waals surface area contributed by atoms with Crippen LogP contribution in [-0.2, 0) is 6.54 Å².